The highest BCUT2D eigenvalue weighted by Crippen LogP contribution is 2.24. The summed E-state index contributed by atoms with van der Waals surface area (Å²) in [6.07, 6.45) is 7.31. The molecule has 2 aromatic rings. The zero-order valence-corrected chi connectivity index (χ0v) is 13.8. The summed E-state index contributed by atoms with van der Waals surface area (Å²) in [5.74, 6) is 0.154. The molecule has 1 aliphatic heterocycles. The number of pyridine rings is 1. The molecule has 0 aliphatic carbocycles. The van der Waals surface area contributed by atoms with Gasteiger partial charge in [0.25, 0.3) is 5.91 Å². The molecule has 1 amide bonds. The number of aryl methyl sites for hydroxylation is 2. The minimum absolute atomic E-state index is 0.154. The lowest BCUT2D eigenvalue weighted by Gasteiger charge is -2.35. The van der Waals surface area contributed by atoms with E-state index in [1.165, 1.54) is 6.42 Å². The van der Waals surface area contributed by atoms with Gasteiger partial charge in [-0.05, 0) is 50.7 Å². The Hall–Kier alpha value is -1.84. The lowest BCUT2D eigenvalue weighted by Crippen LogP contribution is -2.44. The lowest BCUT2D eigenvalue weighted by molar-refractivity contribution is 0.0599. The molecule has 0 radical (unpaired) electrons. The van der Waals surface area contributed by atoms with E-state index in [-0.39, 0.29) is 5.91 Å². The van der Waals surface area contributed by atoms with E-state index in [9.17, 15) is 4.79 Å². The molecule has 3 rings (SSSR count). The van der Waals surface area contributed by atoms with Gasteiger partial charge >= 0.3 is 0 Å². The van der Waals surface area contributed by atoms with Gasteiger partial charge in [0.1, 0.15) is 11.3 Å². The van der Waals surface area contributed by atoms with Crippen LogP contribution in [0.25, 0.3) is 5.65 Å². The van der Waals surface area contributed by atoms with E-state index < -0.39 is 0 Å². The van der Waals surface area contributed by atoms with Gasteiger partial charge < -0.3 is 4.90 Å². The summed E-state index contributed by atoms with van der Waals surface area (Å²) in [4.78, 5) is 19.9. The molecule has 22 heavy (non-hydrogen) atoms. The van der Waals surface area contributed by atoms with Crippen molar-refractivity contribution in [3.05, 3.63) is 35.3 Å². The molecule has 0 saturated carbocycles. The predicted molar refractivity (Wildman–Crippen MR) is 88.3 cm³/mol. The fraction of sp³-hybridized carbons (Fsp3) is 0.556. The Labute approximate surface area is 132 Å². The van der Waals surface area contributed by atoms with Crippen molar-refractivity contribution in [2.45, 2.75) is 58.9 Å². The number of nitrogens with zero attached hydrogens (tertiary/aromatic N) is 3. The smallest absolute Gasteiger partial charge is 0.273 e. The van der Waals surface area contributed by atoms with E-state index in [4.69, 9.17) is 0 Å². The van der Waals surface area contributed by atoms with Gasteiger partial charge in [0, 0.05) is 18.8 Å². The minimum atomic E-state index is 0.154. The first-order valence-corrected chi connectivity index (χ1v) is 8.44. The van der Waals surface area contributed by atoms with Crippen molar-refractivity contribution in [3.8, 4) is 0 Å². The average molecular weight is 299 g/mol. The Kier molecular flexibility index (Phi) is 4.19. The molecule has 118 valence electrons. The second kappa shape index (κ2) is 6.11. The normalized spacial score (nSPS) is 18.9. The van der Waals surface area contributed by atoms with Crippen LogP contribution in [0.15, 0.2) is 18.3 Å². The second-order valence-corrected chi connectivity index (χ2v) is 6.25. The number of carbonyl (C=O) groups excluding carboxylic acids is 1. The highest BCUT2D eigenvalue weighted by molar-refractivity contribution is 5.95. The van der Waals surface area contributed by atoms with Crippen LogP contribution in [0.4, 0.5) is 0 Å². The number of hydrogen-bond donors (Lipinski definition) is 0. The number of hydrogen-bond acceptors (Lipinski definition) is 2. The van der Waals surface area contributed by atoms with Gasteiger partial charge in [-0.3, -0.25) is 9.20 Å². The molecule has 1 aliphatic rings. The van der Waals surface area contributed by atoms with Crippen LogP contribution >= 0.6 is 0 Å². The summed E-state index contributed by atoms with van der Waals surface area (Å²) in [5, 5.41) is 0. The van der Waals surface area contributed by atoms with E-state index in [2.05, 4.69) is 30.7 Å². The van der Waals surface area contributed by atoms with Crippen molar-refractivity contribution in [2.75, 3.05) is 6.54 Å². The minimum Gasteiger partial charge on any atom is -0.334 e. The van der Waals surface area contributed by atoms with E-state index in [1.54, 1.807) is 0 Å². The first-order valence-electron chi connectivity index (χ1n) is 8.44. The van der Waals surface area contributed by atoms with E-state index >= 15 is 0 Å². The molecule has 4 heteroatoms. The Bertz CT molecular complexity index is 689. The molecular weight excluding hydrogens is 274 g/mol. The van der Waals surface area contributed by atoms with Crippen LogP contribution in [0.1, 0.15) is 61.3 Å². The van der Waals surface area contributed by atoms with E-state index in [1.807, 2.05) is 22.7 Å². The van der Waals surface area contributed by atoms with Crippen LogP contribution in [0, 0.1) is 6.92 Å². The first-order chi connectivity index (χ1) is 10.7. The Morgan fingerprint density at radius 2 is 2.14 bits per heavy atom. The van der Waals surface area contributed by atoms with Gasteiger partial charge in [-0.2, -0.15) is 0 Å². The number of likely N-dealkylation sites (tertiary alicyclic amines) is 1. The number of fused-ring (bicyclic) bond motifs is 1. The van der Waals surface area contributed by atoms with Gasteiger partial charge in [-0.25, -0.2) is 4.98 Å². The number of piperidine rings is 1. The maximum Gasteiger partial charge on any atom is 0.273 e. The van der Waals surface area contributed by atoms with Crippen molar-refractivity contribution in [2.24, 2.45) is 0 Å². The van der Waals surface area contributed by atoms with Crippen LogP contribution in [-0.2, 0) is 6.42 Å². The SMILES string of the molecule is CCc1nc2ccc(C)cn2c1C(=O)N1CCCCC1CC. The molecule has 1 atom stereocenters. The van der Waals surface area contributed by atoms with Crippen molar-refractivity contribution in [3.63, 3.8) is 0 Å². The summed E-state index contributed by atoms with van der Waals surface area (Å²) in [6.45, 7) is 7.17. The van der Waals surface area contributed by atoms with Crippen molar-refractivity contribution in [1.29, 1.82) is 0 Å². The first kappa shape index (κ1) is 15.1. The zero-order chi connectivity index (χ0) is 15.7. The standard InChI is InChI=1S/C18H25N3O/c1-4-14-8-6-7-11-20(14)18(22)17-15(5-2)19-16-10-9-13(3)12-21(16)17/h9-10,12,14H,4-8,11H2,1-3H3. The number of aromatic nitrogens is 2. The van der Waals surface area contributed by atoms with Crippen LogP contribution in [0.3, 0.4) is 0 Å². The molecule has 2 aromatic heterocycles. The van der Waals surface area contributed by atoms with Gasteiger partial charge in [-0.1, -0.05) is 19.9 Å². The maximum atomic E-state index is 13.2. The third-order valence-corrected chi connectivity index (χ3v) is 4.74. The zero-order valence-electron chi connectivity index (χ0n) is 13.8. The fourth-order valence-electron chi connectivity index (χ4n) is 3.50. The molecule has 0 bridgehead atoms. The van der Waals surface area contributed by atoms with Crippen LogP contribution in [0.2, 0.25) is 0 Å². The predicted octanol–water partition coefficient (Wildman–Crippen LogP) is 3.61. The average Bonchev–Trinajstić information content (AvgIpc) is 2.91. The summed E-state index contributed by atoms with van der Waals surface area (Å²) < 4.78 is 1.98. The fourth-order valence-corrected chi connectivity index (χ4v) is 3.50. The van der Waals surface area contributed by atoms with Crippen LogP contribution < -0.4 is 0 Å². The lowest BCUT2D eigenvalue weighted by atomic mass is 9.99. The molecule has 3 heterocycles. The summed E-state index contributed by atoms with van der Waals surface area (Å²) in [7, 11) is 0. The number of rotatable bonds is 3. The van der Waals surface area contributed by atoms with Crippen LogP contribution in [-0.4, -0.2) is 32.8 Å². The summed E-state index contributed by atoms with van der Waals surface area (Å²) in [5.41, 5.74) is 3.70. The summed E-state index contributed by atoms with van der Waals surface area (Å²) in [6, 6.07) is 4.42. The van der Waals surface area contributed by atoms with Crippen molar-refractivity contribution < 1.29 is 4.79 Å². The van der Waals surface area contributed by atoms with Gasteiger partial charge in [0.15, 0.2) is 0 Å². The Morgan fingerprint density at radius 3 is 2.86 bits per heavy atom. The molecule has 1 fully saturated rings. The number of imidazole rings is 1. The topological polar surface area (TPSA) is 37.6 Å². The second-order valence-electron chi connectivity index (χ2n) is 6.25. The number of carbonyl (C=O) groups is 1. The molecular formula is C18H25N3O. The largest absolute Gasteiger partial charge is 0.334 e. The maximum absolute atomic E-state index is 13.2. The van der Waals surface area contributed by atoms with Crippen molar-refractivity contribution in [1.82, 2.24) is 14.3 Å². The van der Waals surface area contributed by atoms with E-state index in [0.717, 1.165) is 54.8 Å². The highest BCUT2D eigenvalue weighted by atomic mass is 16.2. The molecule has 1 saturated heterocycles. The Balaban J connectivity index is 2.07. The molecule has 1 unspecified atom stereocenters. The third kappa shape index (κ3) is 2.51. The summed E-state index contributed by atoms with van der Waals surface area (Å²) >= 11 is 0. The molecule has 0 aromatic carbocycles. The van der Waals surface area contributed by atoms with E-state index in [0.29, 0.717) is 6.04 Å². The molecule has 0 N–H and O–H groups in total. The highest BCUT2D eigenvalue weighted by Gasteiger charge is 2.29. The Morgan fingerprint density at radius 1 is 1.32 bits per heavy atom. The monoisotopic (exact) mass is 299 g/mol. The van der Waals surface area contributed by atoms with Gasteiger partial charge in [-0.15, -0.1) is 0 Å². The van der Waals surface area contributed by atoms with Crippen molar-refractivity contribution >= 4 is 11.6 Å². The molecule has 0 spiro atoms. The third-order valence-electron chi connectivity index (χ3n) is 4.74. The quantitative estimate of drug-likeness (QED) is 0.868. The molecule has 4 nitrogen and oxygen atoms in total. The van der Waals surface area contributed by atoms with Gasteiger partial charge in [0.05, 0.1) is 5.69 Å². The van der Waals surface area contributed by atoms with Gasteiger partial charge in [0.2, 0.25) is 0 Å². The van der Waals surface area contributed by atoms with Crippen LogP contribution in [0.5, 0.6) is 0 Å². The number of amides is 1.